The fourth-order valence-corrected chi connectivity index (χ4v) is 1.31. The second kappa shape index (κ2) is 2.82. The molecule has 0 aromatic carbocycles. The highest BCUT2D eigenvalue weighted by Gasteiger charge is 2.29. The predicted molar refractivity (Wildman–Crippen MR) is 43.2 cm³/mol. The molecule has 0 saturated heterocycles. The van der Waals surface area contributed by atoms with Gasteiger partial charge in [0.1, 0.15) is 0 Å². The van der Waals surface area contributed by atoms with Crippen molar-refractivity contribution in [2.75, 3.05) is 0 Å². The van der Waals surface area contributed by atoms with Gasteiger partial charge in [0, 0.05) is 12.5 Å². The molecule has 1 heterocycles. The van der Waals surface area contributed by atoms with Crippen molar-refractivity contribution in [1.82, 2.24) is 20.2 Å². The Labute approximate surface area is 70.9 Å². The molecule has 5 heteroatoms. The maximum Gasteiger partial charge on any atom is 0.176 e. The average Bonchev–Trinajstić information content (AvgIpc) is 2.78. The molecule has 0 aliphatic heterocycles. The van der Waals surface area contributed by atoms with Crippen molar-refractivity contribution in [2.24, 2.45) is 18.7 Å². The molecule has 1 aromatic rings. The first-order chi connectivity index (χ1) is 5.75. The molecule has 1 aliphatic rings. The van der Waals surface area contributed by atoms with Crippen molar-refractivity contribution in [1.29, 1.82) is 0 Å². The van der Waals surface area contributed by atoms with Gasteiger partial charge in [-0.2, -0.15) is 4.80 Å². The molecule has 1 unspecified atom stereocenters. The lowest BCUT2D eigenvalue weighted by atomic mass is 10.1. The monoisotopic (exact) mass is 167 g/mol. The van der Waals surface area contributed by atoms with Crippen LogP contribution in [-0.4, -0.2) is 26.2 Å². The fraction of sp³-hybridized carbons (Fsp3) is 0.857. The summed E-state index contributed by atoms with van der Waals surface area (Å²) in [6.45, 7) is 0. The topological polar surface area (TPSA) is 69.6 Å². The van der Waals surface area contributed by atoms with Gasteiger partial charge >= 0.3 is 0 Å². The molecule has 2 N–H and O–H groups in total. The van der Waals surface area contributed by atoms with Crippen molar-refractivity contribution in [2.45, 2.75) is 25.3 Å². The van der Waals surface area contributed by atoms with Crippen molar-refractivity contribution in [3.8, 4) is 0 Å². The van der Waals surface area contributed by atoms with E-state index in [1.54, 1.807) is 7.05 Å². The lowest BCUT2D eigenvalue weighted by Crippen LogP contribution is -2.25. The molecular weight excluding hydrogens is 154 g/mol. The van der Waals surface area contributed by atoms with Crippen LogP contribution >= 0.6 is 0 Å². The molecule has 1 aromatic heterocycles. The molecule has 0 bridgehead atoms. The molecule has 66 valence electrons. The standard InChI is InChI=1S/C7H13N5/c1-12-10-7(9-11-12)4-6(8)5-2-3-5/h5-6H,2-4,8H2,1H3. The number of tetrazole rings is 1. The zero-order valence-corrected chi connectivity index (χ0v) is 7.14. The quantitative estimate of drug-likeness (QED) is 0.658. The van der Waals surface area contributed by atoms with Gasteiger partial charge in [-0.1, -0.05) is 0 Å². The van der Waals surface area contributed by atoms with E-state index in [1.165, 1.54) is 17.6 Å². The second-order valence-electron chi connectivity index (χ2n) is 3.40. The maximum atomic E-state index is 5.90. The minimum Gasteiger partial charge on any atom is -0.327 e. The molecule has 2 rings (SSSR count). The maximum absolute atomic E-state index is 5.90. The normalized spacial score (nSPS) is 19.5. The summed E-state index contributed by atoms with van der Waals surface area (Å²) in [5.41, 5.74) is 5.90. The van der Waals surface area contributed by atoms with Gasteiger partial charge in [0.15, 0.2) is 5.82 Å². The van der Waals surface area contributed by atoms with E-state index < -0.39 is 0 Å². The van der Waals surface area contributed by atoms with Crippen LogP contribution in [0.4, 0.5) is 0 Å². The summed E-state index contributed by atoms with van der Waals surface area (Å²) in [4.78, 5) is 1.47. The Morgan fingerprint density at radius 2 is 2.42 bits per heavy atom. The van der Waals surface area contributed by atoms with Crippen molar-refractivity contribution >= 4 is 0 Å². The zero-order valence-electron chi connectivity index (χ0n) is 7.14. The second-order valence-corrected chi connectivity index (χ2v) is 3.40. The Bertz CT molecular complexity index is 265. The van der Waals surface area contributed by atoms with Gasteiger partial charge in [-0.15, -0.1) is 10.2 Å². The molecule has 1 saturated carbocycles. The van der Waals surface area contributed by atoms with E-state index in [0.717, 1.165) is 12.2 Å². The van der Waals surface area contributed by atoms with Crippen LogP contribution in [0, 0.1) is 5.92 Å². The third-order valence-corrected chi connectivity index (χ3v) is 2.20. The fourth-order valence-electron chi connectivity index (χ4n) is 1.31. The third kappa shape index (κ3) is 1.61. The van der Waals surface area contributed by atoms with Gasteiger partial charge in [0.05, 0.1) is 7.05 Å². The first kappa shape index (κ1) is 7.67. The van der Waals surface area contributed by atoms with Gasteiger partial charge in [-0.3, -0.25) is 0 Å². The lowest BCUT2D eigenvalue weighted by molar-refractivity contribution is 0.570. The largest absolute Gasteiger partial charge is 0.327 e. The Morgan fingerprint density at radius 1 is 1.67 bits per heavy atom. The van der Waals surface area contributed by atoms with Crippen LogP contribution in [0.25, 0.3) is 0 Å². The average molecular weight is 167 g/mol. The van der Waals surface area contributed by atoms with Crippen LogP contribution in [0.1, 0.15) is 18.7 Å². The summed E-state index contributed by atoms with van der Waals surface area (Å²) in [5, 5.41) is 11.7. The smallest absolute Gasteiger partial charge is 0.176 e. The molecule has 0 spiro atoms. The van der Waals surface area contributed by atoms with Crippen molar-refractivity contribution < 1.29 is 0 Å². The summed E-state index contributed by atoms with van der Waals surface area (Å²) in [6.07, 6.45) is 3.29. The van der Waals surface area contributed by atoms with Gasteiger partial charge in [0.25, 0.3) is 0 Å². The summed E-state index contributed by atoms with van der Waals surface area (Å²) < 4.78 is 0. The first-order valence-electron chi connectivity index (χ1n) is 4.24. The minimum absolute atomic E-state index is 0.231. The van der Waals surface area contributed by atoms with Crippen LogP contribution in [0.15, 0.2) is 0 Å². The van der Waals surface area contributed by atoms with Crippen LogP contribution in [0.5, 0.6) is 0 Å². The highest BCUT2D eigenvalue weighted by molar-refractivity contribution is 4.91. The summed E-state index contributed by atoms with van der Waals surface area (Å²) in [6, 6.07) is 0.231. The van der Waals surface area contributed by atoms with Crippen LogP contribution in [0.3, 0.4) is 0 Å². The van der Waals surface area contributed by atoms with Crippen molar-refractivity contribution in [3.05, 3.63) is 5.82 Å². The molecule has 12 heavy (non-hydrogen) atoms. The minimum atomic E-state index is 0.231. The van der Waals surface area contributed by atoms with E-state index in [2.05, 4.69) is 15.4 Å². The molecule has 5 nitrogen and oxygen atoms in total. The van der Waals surface area contributed by atoms with Crippen LogP contribution in [0.2, 0.25) is 0 Å². The number of nitrogens with zero attached hydrogens (tertiary/aromatic N) is 4. The Morgan fingerprint density at radius 3 is 2.92 bits per heavy atom. The van der Waals surface area contributed by atoms with Gasteiger partial charge in [0.2, 0.25) is 0 Å². The Hall–Kier alpha value is -0.970. The van der Waals surface area contributed by atoms with E-state index in [4.69, 9.17) is 5.73 Å². The highest BCUT2D eigenvalue weighted by Crippen LogP contribution is 2.32. The molecule has 1 atom stereocenters. The van der Waals surface area contributed by atoms with E-state index in [-0.39, 0.29) is 6.04 Å². The summed E-state index contributed by atoms with van der Waals surface area (Å²) >= 11 is 0. The van der Waals surface area contributed by atoms with Gasteiger partial charge in [-0.05, 0) is 24.0 Å². The first-order valence-corrected chi connectivity index (χ1v) is 4.24. The van der Waals surface area contributed by atoms with E-state index in [9.17, 15) is 0 Å². The lowest BCUT2D eigenvalue weighted by Gasteiger charge is -2.04. The number of rotatable bonds is 3. The summed E-state index contributed by atoms with van der Waals surface area (Å²) in [7, 11) is 1.76. The summed E-state index contributed by atoms with van der Waals surface area (Å²) in [5.74, 6) is 1.46. The molecule has 0 amide bonds. The van der Waals surface area contributed by atoms with Gasteiger partial charge in [-0.25, -0.2) is 0 Å². The number of aromatic nitrogens is 4. The van der Waals surface area contributed by atoms with Gasteiger partial charge < -0.3 is 5.73 Å². The van der Waals surface area contributed by atoms with E-state index in [0.29, 0.717) is 5.92 Å². The predicted octanol–water partition coefficient (Wildman–Crippen LogP) is -0.510. The zero-order chi connectivity index (χ0) is 8.55. The van der Waals surface area contributed by atoms with E-state index >= 15 is 0 Å². The highest BCUT2D eigenvalue weighted by atomic mass is 15.6. The number of aryl methyl sites for hydroxylation is 1. The molecule has 1 fully saturated rings. The van der Waals surface area contributed by atoms with Crippen LogP contribution < -0.4 is 5.73 Å². The number of hydrogen-bond donors (Lipinski definition) is 1. The number of hydrogen-bond acceptors (Lipinski definition) is 4. The molecule has 1 aliphatic carbocycles. The molecular formula is C7H13N5. The Balaban J connectivity index is 1.93. The Kier molecular flexibility index (Phi) is 1.80. The third-order valence-electron chi connectivity index (χ3n) is 2.20. The number of nitrogens with two attached hydrogens (primary N) is 1. The van der Waals surface area contributed by atoms with Crippen LogP contribution in [-0.2, 0) is 13.5 Å². The van der Waals surface area contributed by atoms with E-state index in [1.807, 2.05) is 0 Å². The van der Waals surface area contributed by atoms with Crippen molar-refractivity contribution in [3.63, 3.8) is 0 Å². The molecule has 0 radical (unpaired) electrons. The SMILES string of the molecule is Cn1nnc(CC(N)C2CC2)n1.